The molecule has 0 radical (unpaired) electrons. The minimum Gasteiger partial charge on any atom is -0.369 e. The molecule has 3 aromatic carbocycles. The van der Waals surface area contributed by atoms with Crippen molar-refractivity contribution < 1.29 is 4.79 Å². The number of amides is 1. The van der Waals surface area contributed by atoms with Gasteiger partial charge in [-0.25, -0.2) is 0 Å². The standard InChI is InChI=1S/C28H33N3O/c1-20(2)22-8-10-23(11-9-22)27-21(3)6-5-7-26(27)28(32)29-24-12-14-25(15-13-24)31-18-16-30(4)17-19-31/h5-15,20H,16-19H2,1-4H3,(H,29,32). The van der Waals surface area contributed by atoms with E-state index in [4.69, 9.17) is 0 Å². The molecule has 0 aromatic heterocycles. The van der Waals surface area contributed by atoms with Crippen LogP contribution in [0.5, 0.6) is 0 Å². The molecule has 4 nitrogen and oxygen atoms in total. The number of benzene rings is 3. The first-order valence-electron chi connectivity index (χ1n) is 11.5. The molecule has 0 bridgehead atoms. The Morgan fingerprint density at radius 1 is 0.875 bits per heavy atom. The van der Waals surface area contributed by atoms with Crippen molar-refractivity contribution in [2.45, 2.75) is 26.7 Å². The molecule has 4 heteroatoms. The fourth-order valence-electron chi connectivity index (χ4n) is 4.29. The topological polar surface area (TPSA) is 35.6 Å². The monoisotopic (exact) mass is 427 g/mol. The molecular weight excluding hydrogens is 394 g/mol. The highest BCUT2D eigenvalue weighted by Gasteiger charge is 2.17. The molecule has 1 aliphatic rings. The maximum Gasteiger partial charge on any atom is 0.256 e. The largest absolute Gasteiger partial charge is 0.369 e. The van der Waals surface area contributed by atoms with E-state index in [1.165, 1.54) is 11.3 Å². The number of rotatable bonds is 5. The van der Waals surface area contributed by atoms with Crippen LogP contribution in [-0.4, -0.2) is 44.0 Å². The van der Waals surface area contributed by atoms with Crippen molar-refractivity contribution in [1.29, 1.82) is 0 Å². The molecule has 1 fully saturated rings. The van der Waals surface area contributed by atoms with E-state index >= 15 is 0 Å². The van der Waals surface area contributed by atoms with E-state index < -0.39 is 0 Å². The third-order valence-corrected chi connectivity index (χ3v) is 6.38. The lowest BCUT2D eigenvalue weighted by atomic mass is 9.92. The van der Waals surface area contributed by atoms with E-state index in [9.17, 15) is 4.79 Å². The first-order valence-corrected chi connectivity index (χ1v) is 11.5. The average Bonchev–Trinajstić information content (AvgIpc) is 2.80. The molecule has 1 saturated heterocycles. The zero-order valence-corrected chi connectivity index (χ0v) is 19.6. The van der Waals surface area contributed by atoms with Crippen LogP contribution in [0.3, 0.4) is 0 Å². The van der Waals surface area contributed by atoms with Crippen LogP contribution in [0.2, 0.25) is 0 Å². The summed E-state index contributed by atoms with van der Waals surface area (Å²) in [4.78, 5) is 18.0. The van der Waals surface area contributed by atoms with Crippen LogP contribution < -0.4 is 10.2 Å². The summed E-state index contributed by atoms with van der Waals surface area (Å²) in [6.45, 7) is 10.7. The SMILES string of the molecule is Cc1cccc(C(=O)Nc2ccc(N3CCN(C)CC3)cc2)c1-c1ccc(C(C)C)cc1. The van der Waals surface area contributed by atoms with Crippen LogP contribution in [0.15, 0.2) is 66.7 Å². The van der Waals surface area contributed by atoms with Gasteiger partial charge in [-0.2, -0.15) is 0 Å². The predicted molar refractivity (Wildman–Crippen MR) is 135 cm³/mol. The second-order valence-electron chi connectivity index (χ2n) is 9.07. The zero-order valence-electron chi connectivity index (χ0n) is 19.6. The Labute approximate surface area is 191 Å². The molecule has 166 valence electrons. The van der Waals surface area contributed by atoms with Gasteiger partial charge in [0.05, 0.1) is 0 Å². The molecule has 0 unspecified atom stereocenters. The van der Waals surface area contributed by atoms with E-state index in [0.29, 0.717) is 11.5 Å². The smallest absolute Gasteiger partial charge is 0.256 e. The van der Waals surface area contributed by atoms with Crippen molar-refractivity contribution in [3.8, 4) is 11.1 Å². The summed E-state index contributed by atoms with van der Waals surface area (Å²) in [5.74, 6) is 0.404. The molecule has 1 N–H and O–H groups in total. The maximum atomic E-state index is 13.2. The van der Waals surface area contributed by atoms with Gasteiger partial charge in [0, 0.05) is 43.1 Å². The summed E-state index contributed by atoms with van der Waals surface area (Å²) < 4.78 is 0. The third kappa shape index (κ3) is 4.86. The molecule has 32 heavy (non-hydrogen) atoms. The average molecular weight is 428 g/mol. The van der Waals surface area contributed by atoms with E-state index in [2.05, 4.69) is 85.4 Å². The van der Waals surface area contributed by atoms with Gasteiger partial charge < -0.3 is 15.1 Å². The van der Waals surface area contributed by atoms with Gasteiger partial charge in [-0.15, -0.1) is 0 Å². The summed E-state index contributed by atoms with van der Waals surface area (Å²) in [5.41, 5.74) is 7.19. The van der Waals surface area contributed by atoms with Crippen molar-refractivity contribution in [3.63, 3.8) is 0 Å². The van der Waals surface area contributed by atoms with E-state index in [0.717, 1.165) is 48.6 Å². The number of carbonyl (C=O) groups is 1. The molecular formula is C28H33N3O. The van der Waals surface area contributed by atoms with Crippen LogP contribution >= 0.6 is 0 Å². The third-order valence-electron chi connectivity index (χ3n) is 6.38. The van der Waals surface area contributed by atoms with Crippen LogP contribution in [0.25, 0.3) is 11.1 Å². The Bertz CT molecular complexity index is 1060. The number of piperazine rings is 1. The zero-order chi connectivity index (χ0) is 22.7. The Kier molecular flexibility index (Phi) is 6.61. The molecule has 1 heterocycles. The van der Waals surface area contributed by atoms with Crippen LogP contribution in [0.1, 0.15) is 41.3 Å². The van der Waals surface area contributed by atoms with Crippen LogP contribution in [-0.2, 0) is 0 Å². The van der Waals surface area contributed by atoms with Crippen LogP contribution in [0.4, 0.5) is 11.4 Å². The molecule has 3 aromatic rings. The molecule has 1 aliphatic heterocycles. The van der Waals surface area contributed by atoms with Gasteiger partial charge in [-0.3, -0.25) is 4.79 Å². The van der Waals surface area contributed by atoms with Gasteiger partial charge in [0.25, 0.3) is 5.91 Å². The minimum absolute atomic E-state index is 0.0796. The van der Waals surface area contributed by atoms with Crippen molar-refractivity contribution in [2.75, 3.05) is 43.4 Å². The van der Waals surface area contributed by atoms with Gasteiger partial charge in [-0.1, -0.05) is 50.2 Å². The Hall–Kier alpha value is -3.11. The van der Waals surface area contributed by atoms with Gasteiger partial charge in [0.15, 0.2) is 0 Å². The molecule has 0 saturated carbocycles. The quantitative estimate of drug-likeness (QED) is 0.560. The predicted octanol–water partition coefficient (Wildman–Crippen LogP) is 5.79. The van der Waals surface area contributed by atoms with Crippen molar-refractivity contribution in [1.82, 2.24) is 4.90 Å². The van der Waals surface area contributed by atoms with Gasteiger partial charge in [-0.05, 0) is 72.5 Å². The highest BCUT2D eigenvalue weighted by molar-refractivity contribution is 6.09. The summed E-state index contributed by atoms with van der Waals surface area (Å²) in [7, 11) is 2.16. The normalized spacial score (nSPS) is 14.6. The first-order chi connectivity index (χ1) is 15.4. The fourth-order valence-corrected chi connectivity index (χ4v) is 4.29. The second-order valence-corrected chi connectivity index (χ2v) is 9.07. The minimum atomic E-state index is -0.0796. The van der Waals surface area contributed by atoms with E-state index in [1.54, 1.807) is 0 Å². The maximum absolute atomic E-state index is 13.2. The lowest BCUT2D eigenvalue weighted by molar-refractivity contribution is 0.102. The number of carbonyl (C=O) groups excluding carboxylic acids is 1. The lowest BCUT2D eigenvalue weighted by Crippen LogP contribution is -2.44. The number of aryl methyl sites for hydroxylation is 1. The van der Waals surface area contributed by atoms with Crippen molar-refractivity contribution in [3.05, 3.63) is 83.4 Å². The number of nitrogens with zero attached hydrogens (tertiary/aromatic N) is 2. The summed E-state index contributed by atoms with van der Waals surface area (Å²) in [5, 5.41) is 3.10. The Morgan fingerprint density at radius 3 is 2.16 bits per heavy atom. The number of hydrogen-bond donors (Lipinski definition) is 1. The number of likely N-dealkylation sites (N-methyl/N-ethyl adjacent to an activating group) is 1. The highest BCUT2D eigenvalue weighted by Crippen LogP contribution is 2.30. The highest BCUT2D eigenvalue weighted by atomic mass is 16.1. The first kappa shape index (κ1) is 22.1. The second kappa shape index (κ2) is 9.58. The Morgan fingerprint density at radius 2 is 1.53 bits per heavy atom. The van der Waals surface area contributed by atoms with E-state index in [1.807, 2.05) is 24.3 Å². The van der Waals surface area contributed by atoms with Gasteiger partial charge >= 0.3 is 0 Å². The van der Waals surface area contributed by atoms with Crippen molar-refractivity contribution >= 4 is 17.3 Å². The van der Waals surface area contributed by atoms with Gasteiger partial charge in [0.1, 0.15) is 0 Å². The summed E-state index contributed by atoms with van der Waals surface area (Å²) in [6, 6.07) is 22.7. The Balaban J connectivity index is 1.53. The molecule has 0 spiro atoms. The fraction of sp³-hybridized carbons (Fsp3) is 0.321. The number of anilines is 2. The van der Waals surface area contributed by atoms with Crippen LogP contribution in [0, 0.1) is 6.92 Å². The van der Waals surface area contributed by atoms with Crippen molar-refractivity contribution in [2.24, 2.45) is 0 Å². The van der Waals surface area contributed by atoms with Gasteiger partial charge in [0.2, 0.25) is 0 Å². The molecule has 0 aliphatic carbocycles. The number of nitrogens with one attached hydrogen (secondary N) is 1. The summed E-state index contributed by atoms with van der Waals surface area (Å²) >= 11 is 0. The number of hydrogen-bond acceptors (Lipinski definition) is 3. The molecule has 0 atom stereocenters. The summed E-state index contributed by atoms with van der Waals surface area (Å²) in [6.07, 6.45) is 0. The molecule has 4 rings (SSSR count). The molecule has 1 amide bonds. The lowest BCUT2D eigenvalue weighted by Gasteiger charge is -2.34. The van der Waals surface area contributed by atoms with E-state index in [-0.39, 0.29) is 5.91 Å².